The molecular weight excluding hydrogens is 328 g/mol. The number of ether oxygens (including phenoxy) is 3. The van der Waals surface area contributed by atoms with E-state index in [9.17, 15) is 4.79 Å². The Balaban J connectivity index is 1.93. The van der Waals surface area contributed by atoms with E-state index in [1.165, 1.54) is 0 Å². The molecule has 0 unspecified atom stereocenters. The van der Waals surface area contributed by atoms with Gasteiger partial charge in [-0.15, -0.1) is 0 Å². The summed E-state index contributed by atoms with van der Waals surface area (Å²) in [4.78, 5) is 13.9. The fourth-order valence-corrected chi connectivity index (χ4v) is 2.96. The molecule has 132 valence electrons. The highest BCUT2D eigenvalue weighted by Gasteiger charge is 2.27. The average molecular weight is 352 g/mol. The van der Waals surface area contributed by atoms with Crippen molar-refractivity contribution in [3.05, 3.63) is 18.2 Å². The summed E-state index contributed by atoms with van der Waals surface area (Å²) in [6.45, 7) is 3.72. The monoisotopic (exact) mass is 352 g/mol. The van der Waals surface area contributed by atoms with Crippen LogP contribution in [0.25, 0.3) is 0 Å². The molecule has 0 atom stereocenters. The Kier molecular flexibility index (Phi) is 6.66. The van der Waals surface area contributed by atoms with Crippen molar-refractivity contribution in [3.8, 4) is 11.5 Å². The predicted octanol–water partition coefficient (Wildman–Crippen LogP) is 2.68. The van der Waals surface area contributed by atoms with Crippen molar-refractivity contribution in [2.75, 3.05) is 39.2 Å². The molecule has 2 rings (SSSR count). The van der Waals surface area contributed by atoms with Crippen LogP contribution in [0.2, 0.25) is 0 Å². The molecule has 0 amide bonds. The van der Waals surface area contributed by atoms with Gasteiger partial charge in [-0.25, -0.2) is 0 Å². The summed E-state index contributed by atoms with van der Waals surface area (Å²) in [5.41, 5.74) is 0.809. The van der Waals surface area contributed by atoms with Gasteiger partial charge in [-0.3, -0.25) is 4.79 Å². The highest BCUT2D eigenvalue weighted by molar-refractivity contribution is 7.80. The van der Waals surface area contributed by atoms with Crippen LogP contribution in [0.3, 0.4) is 0 Å². The molecule has 6 nitrogen and oxygen atoms in total. The molecule has 0 bridgehead atoms. The SMILES string of the molecule is CCOC(=O)C1CCN(C(=S)Nc2cc(OC)cc(OC)c2)CC1. The molecule has 1 aliphatic rings. The zero-order valence-corrected chi connectivity index (χ0v) is 15.1. The molecule has 1 saturated heterocycles. The maximum atomic E-state index is 11.8. The number of thiocarbonyl (C=S) groups is 1. The van der Waals surface area contributed by atoms with Crippen LogP contribution >= 0.6 is 12.2 Å². The molecule has 0 radical (unpaired) electrons. The third-order valence-corrected chi connectivity index (χ3v) is 4.37. The largest absolute Gasteiger partial charge is 0.497 e. The first kappa shape index (κ1) is 18.3. The van der Waals surface area contributed by atoms with Crippen LogP contribution < -0.4 is 14.8 Å². The fourth-order valence-electron chi connectivity index (χ4n) is 2.66. The first-order chi connectivity index (χ1) is 11.6. The smallest absolute Gasteiger partial charge is 0.309 e. The molecule has 1 aliphatic heterocycles. The van der Waals surface area contributed by atoms with Crippen LogP contribution in [0, 0.1) is 5.92 Å². The quantitative estimate of drug-likeness (QED) is 0.646. The highest BCUT2D eigenvalue weighted by atomic mass is 32.1. The van der Waals surface area contributed by atoms with E-state index in [1.807, 2.05) is 19.1 Å². The van der Waals surface area contributed by atoms with Crippen LogP contribution in [-0.2, 0) is 9.53 Å². The zero-order chi connectivity index (χ0) is 17.5. The molecule has 0 aromatic heterocycles. The Bertz CT molecular complexity index is 564. The number of nitrogens with zero attached hydrogens (tertiary/aromatic N) is 1. The summed E-state index contributed by atoms with van der Waals surface area (Å²) in [7, 11) is 3.22. The minimum absolute atomic E-state index is 0.0269. The molecule has 1 aromatic carbocycles. The van der Waals surface area contributed by atoms with Crippen molar-refractivity contribution in [2.45, 2.75) is 19.8 Å². The van der Waals surface area contributed by atoms with E-state index >= 15 is 0 Å². The van der Waals surface area contributed by atoms with Gasteiger partial charge in [-0.05, 0) is 32.0 Å². The molecule has 0 spiro atoms. The van der Waals surface area contributed by atoms with E-state index in [1.54, 1.807) is 20.3 Å². The Morgan fingerprint density at radius 2 is 1.79 bits per heavy atom. The molecule has 1 N–H and O–H groups in total. The van der Waals surface area contributed by atoms with Gasteiger partial charge in [0.1, 0.15) is 11.5 Å². The Morgan fingerprint density at radius 1 is 1.21 bits per heavy atom. The summed E-state index contributed by atoms with van der Waals surface area (Å²) in [5, 5.41) is 3.84. The number of carbonyl (C=O) groups is 1. The number of carbonyl (C=O) groups excluding carboxylic acids is 1. The Morgan fingerprint density at radius 3 is 2.29 bits per heavy atom. The van der Waals surface area contributed by atoms with E-state index in [2.05, 4.69) is 10.2 Å². The first-order valence-electron chi connectivity index (χ1n) is 8.03. The molecular formula is C17H24N2O4S. The standard InChI is InChI=1S/C17H24N2O4S/c1-4-23-16(20)12-5-7-19(8-6-12)17(24)18-13-9-14(21-2)11-15(10-13)22-3/h9-12H,4-8H2,1-3H3,(H,18,24). The highest BCUT2D eigenvalue weighted by Crippen LogP contribution is 2.26. The lowest BCUT2D eigenvalue weighted by Gasteiger charge is -2.32. The summed E-state index contributed by atoms with van der Waals surface area (Å²) in [5.74, 6) is 1.26. The second-order valence-corrected chi connectivity index (χ2v) is 5.93. The Hall–Kier alpha value is -2.02. The summed E-state index contributed by atoms with van der Waals surface area (Å²) in [6, 6.07) is 5.53. The van der Waals surface area contributed by atoms with Crippen LogP contribution in [0.15, 0.2) is 18.2 Å². The number of hydrogen-bond donors (Lipinski definition) is 1. The number of likely N-dealkylation sites (tertiary alicyclic amines) is 1. The van der Waals surface area contributed by atoms with Crippen LogP contribution in [0.4, 0.5) is 5.69 Å². The van der Waals surface area contributed by atoms with Gasteiger partial charge in [-0.1, -0.05) is 0 Å². The molecule has 1 aromatic rings. The maximum absolute atomic E-state index is 11.8. The molecule has 0 aliphatic carbocycles. The molecule has 1 fully saturated rings. The van der Waals surface area contributed by atoms with Crippen molar-refractivity contribution < 1.29 is 19.0 Å². The number of nitrogens with one attached hydrogen (secondary N) is 1. The molecule has 7 heteroatoms. The van der Waals surface area contributed by atoms with E-state index < -0.39 is 0 Å². The number of esters is 1. The van der Waals surface area contributed by atoms with Gasteiger partial charge < -0.3 is 24.4 Å². The van der Waals surface area contributed by atoms with Gasteiger partial charge in [0.05, 0.1) is 26.7 Å². The van der Waals surface area contributed by atoms with Crippen molar-refractivity contribution in [1.29, 1.82) is 0 Å². The van der Waals surface area contributed by atoms with Crippen molar-refractivity contribution in [2.24, 2.45) is 5.92 Å². The van der Waals surface area contributed by atoms with Gasteiger partial charge in [0.15, 0.2) is 5.11 Å². The number of anilines is 1. The predicted molar refractivity (Wildman–Crippen MR) is 96.7 cm³/mol. The van der Waals surface area contributed by atoms with E-state index in [0.717, 1.165) is 31.6 Å². The number of benzene rings is 1. The minimum Gasteiger partial charge on any atom is -0.497 e. The second-order valence-electron chi connectivity index (χ2n) is 5.54. The van der Waals surface area contributed by atoms with Gasteiger partial charge in [0.25, 0.3) is 0 Å². The van der Waals surface area contributed by atoms with Crippen molar-refractivity contribution in [3.63, 3.8) is 0 Å². The number of rotatable bonds is 5. The van der Waals surface area contributed by atoms with Gasteiger partial charge in [0.2, 0.25) is 0 Å². The van der Waals surface area contributed by atoms with Gasteiger partial charge >= 0.3 is 5.97 Å². The average Bonchev–Trinajstić information content (AvgIpc) is 2.61. The zero-order valence-electron chi connectivity index (χ0n) is 14.3. The number of methoxy groups -OCH3 is 2. The van der Waals surface area contributed by atoms with Gasteiger partial charge in [-0.2, -0.15) is 0 Å². The first-order valence-corrected chi connectivity index (χ1v) is 8.43. The second kappa shape index (κ2) is 8.73. The summed E-state index contributed by atoms with van der Waals surface area (Å²) in [6.07, 6.45) is 1.50. The Labute approximate surface area is 148 Å². The lowest BCUT2D eigenvalue weighted by molar-refractivity contribution is -0.149. The van der Waals surface area contributed by atoms with Crippen LogP contribution in [0.1, 0.15) is 19.8 Å². The van der Waals surface area contributed by atoms with E-state index in [0.29, 0.717) is 23.2 Å². The summed E-state index contributed by atoms with van der Waals surface area (Å²) >= 11 is 5.49. The third-order valence-electron chi connectivity index (χ3n) is 4.00. The van der Waals surface area contributed by atoms with Crippen LogP contribution in [0.5, 0.6) is 11.5 Å². The number of hydrogen-bond acceptors (Lipinski definition) is 5. The van der Waals surface area contributed by atoms with E-state index in [-0.39, 0.29) is 11.9 Å². The number of piperidine rings is 1. The summed E-state index contributed by atoms with van der Waals surface area (Å²) < 4.78 is 15.6. The van der Waals surface area contributed by atoms with Gasteiger partial charge in [0, 0.05) is 37.0 Å². The maximum Gasteiger partial charge on any atom is 0.309 e. The molecule has 1 heterocycles. The third kappa shape index (κ3) is 4.74. The lowest BCUT2D eigenvalue weighted by Crippen LogP contribution is -2.42. The normalized spacial score (nSPS) is 14.9. The fraction of sp³-hybridized carbons (Fsp3) is 0.529. The minimum atomic E-state index is -0.103. The van der Waals surface area contributed by atoms with Crippen LogP contribution in [-0.4, -0.2) is 49.9 Å². The molecule has 0 saturated carbocycles. The topological polar surface area (TPSA) is 60.0 Å². The molecule has 24 heavy (non-hydrogen) atoms. The lowest BCUT2D eigenvalue weighted by atomic mass is 9.97. The van der Waals surface area contributed by atoms with Crippen molar-refractivity contribution >= 4 is 29.0 Å². The van der Waals surface area contributed by atoms with Crippen molar-refractivity contribution in [1.82, 2.24) is 4.90 Å². The van der Waals surface area contributed by atoms with E-state index in [4.69, 9.17) is 26.4 Å².